The Morgan fingerprint density at radius 1 is 0.400 bits per heavy atom. The summed E-state index contributed by atoms with van der Waals surface area (Å²) in [6.45, 7) is 35.7. The highest BCUT2D eigenvalue weighted by atomic mass is 15.4. The molecule has 0 radical (unpaired) electrons. The van der Waals surface area contributed by atoms with E-state index < -0.39 is 0 Å². The van der Waals surface area contributed by atoms with Gasteiger partial charge in [0.1, 0.15) is 0 Å². The van der Waals surface area contributed by atoms with Gasteiger partial charge in [0.05, 0.1) is 6.17 Å². The molecule has 0 aromatic heterocycles. The van der Waals surface area contributed by atoms with Crippen molar-refractivity contribution < 1.29 is 0 Å². The molecular formula is C29H62N6. The summed E-state index contributed by atoms with van der Waals surface area (Å²) >= 11 is 0. The van der Waals surface area contributed by atoms with Gasteiger partial charge < -0.3 is 0 Å². The van der Waals surface area contributed by atoms with Gasteiger partial charge in [-0.3, -0.25) is 29.4 Å². The summed E-state index contributed by atoms with van der Waals surface area (Å²) in [5.41, 5.74) is 0. The summed E-state index contributed by atoms with van der Waals surface area (Å²) in [7, 11) is 0. The van der Waals surface area contributed by atoms with Gasteiger partial charge in [-0.2, -0.15) is 0 Å². The number of rotatable bonds is 9. The number of hydrogen-bond donors (Lipinski definition) is 0. The second kappa shape index (κ2) is 15.9. The first-order valence-electron chi connectivity index (χ1n) is 15.1. The molecule has 0 unspecified atom stereocenters. The molecule has 0 spiro atoms. The number of nitrogens with zero attached hydrogens (tertiary/aromatic N) is 6. The predicted octanol–water partition coefficient (Wildman–Crippen LogP) is 3.98. The predicted molar refractivity (Wildman–Crippen MR) is 153 cm³/mol. The van der Waals surface area contributed by atoms with Gasteiger partial charge in [-0.25, -0.2) is 0 Å². The Kier molecular flexibility index (Phi) is 14.1. The minimum absolute atomic E-state index is 0.553. The minimum Gasteiger partial charge on any atom is -0.298 e. The van der Waals surface area contributed by atoms with Crippen LogP contribution in [0.4, 0.5) is 0 Å². The van der Waals surface area contributed by atoms with E-state index in [0.717, 1.165) is 0 Å². The summed E-state index contributed by atoms with van der Waals surface area (Å²) in [5.74, 6) is 0. The van der Waals surface area contributed by atoms with Crippen LogP contribution in [0.2, 0.25) is 0 Å². The molecule has 0 aliphatic carbocycles. The molecule has 0 N–H and O–H groups in total. The Morgan fingerprint density at radius 2 is 0.629 bits per heavy atom. The lowest BCUT2D eigenvalue weighted by molar-refractivity contribution is 0.0163. The highest BCUT2D eigenvalue weighted by molar-refractivity contribution is 4.83. The fourth-order valence-corrected chi connectivity index (χ4v) is 5.86. The van der Waals surface area contributed by atoms with Crippen molar-refractivity contribution in [2.24, 2.45) is 0 Å². The lowest BCUT2D eigenvalue weighted by Gasteiger charge is -2.42. The Labute approximate surface area is 220 Å². The molecule has 208 valence electrons. The molecule has 0 saturated carbocycles. The Hall–Kier alpha value is -0.240. The van der Waals surface area contributed by atoms with Crippen LogP contribution in [0.25, 0.3) is 0 Å². The third-order valence-corrected chi connectivity index (χ3v) is 8.63. The van der Waals surface area contributed by atoms with Crippen LogP contribution in [0.1, 0.15) is 81.6 Å². The summed E-state index contributed by atoms with van der Waals surface area (Å²) in [4.78, 5) is 16.6. The van der Waals surface area contributed by atoms with Gasteiger partial charge >= 0.3 is 0 Å². The van der Waals surface area contributed by atoms with E-state index in [-0.39, 0.29) is 0 Å². The molecule has 0 atom stereocenters. The zero-order chi connectivity index (χ0) is 26.0. The van der Waals surface area contributed by atoms with Crippen molar-refractivity contribution in [3.05, 3.63) is 0 Å². The third-order valence-electron chi connectivity index (χ3n) is 8.63. The molecule has 0 aromatic rings. The average molecular weight is 495 g/mol. The van der Waals surface area contributed by atoms with E-state index in [1.807, 2.05) is 0 Å². The monoisotopic (exact) mass is 495 g/mol. The van der Waals surface area contributed by atoms with Gasteiger partial charge in [0.15, 0.2) is 0 Å². The maximum Gasteiger partial charge on any atom is 0.0624 e. The first kappa shape index (κ1) is 31.0. The molecule has 35 heavy (non-hydrogen) atoms. The minimum atomic E-state index is 0.553. The van der Waals surface area contributed by atoms with Crippen molar-refractivity contribution in [1.82, 2.24) is 29.4 Å². The Morgan fingerprint density at radius 3 is 0.829 bits per heavy atom. The highest BCUT2D eigenvalue weighted by Gasteiger charge is 2.29. The van der Waals surface area contributed by atoms with Crippen LogP contribution in [-0.2, 0) is 0 Å². The van der Waals surface area contributed by atoms with Crippen molar-refractivity contribution >= 4 is 0 Å². The molecule has 0 aromatic carbocycles. The SMILES string of the molecule is CCCCC(N1CCN(C(C)C)CCN(C(C)C)CC1)N1CCN(C(C)C)CCN(C(C)C)CC1. The van der Waals surface area contributed by atoms with Gasteiger partial charge in [0.25, 0.3) is 0 Å². The normalized spacial score (nSPS) is 23.1. The van der Waals surface area contributed by atoms with Crippen molar-refractivity contribution in [3.8, 4) is 0 Å². The van der Waals surface area contributed by atoms with Gasteiger partial charge in [0, 0.05) is 103 Å². The topological polar surface area (TPSA) is 19.4 Å². The standard InChI is InChI=1S/C29H62N6/c1-10-11-12-29(34-21-17-30(25(2)3)13-14-31(18-22-34)26(4)5)35-23-19-32(27(6)7)15-16-33(20-24-35)28(8)9/h25-29H,10-24H2,1-9H3. The van der Waals surface area contributed by atoms with Crippen LogP contribution in [0.5, 0.6) is 0 Å². The fraction of sp³-hybridized carbons (Fsp3) is 1.00. The van der Waals surface area contributed by atoms with Crippen molar-refractivity contribution in [2.75, 3.05) is 78.5 Å². The van der Waals surface area contributed by atoms with E-state index >= 15 is 0 Å². The van der Waals surface area contributed by atoms with E-state index in [1.54, 1.807) is 0 Å². The van der Waals surface area contributed by atoms with E-state index in [1.165, 1.54) is 97.8 Å². The molecule has 2 aliphatic heterocycles. The summed E-state index contributed by atoms with van der Waals surface area (Å²) in [6.07, 6.45) is 4.45. The zero-order valence-corrected chi connectivity index (χ0v) is 25.2. The second-order valence-electron chi connectivity index (χ2n) is 12.2. The largest absolute Gasteiger partial charge is 0.298 e. The summed E-state index contributed by atoms with van der Waals surface area (Å²) in [6, 6.07) is 2.45. The smallest absolute Gasteiger partial charge is 0.0624 e. The van der Waals surface area contributed by atoms with Crippen LogP contribution in [0, 0.1) is 0 Å². The molecular weight excluding hydrogens is 432 g/mol. The molecule has 2 heterocycles. The molecule has 2 rings (SSSR count). The second-order valence-corrected chi connectivity index (χ2v) is 12.2. The van der Waals surface area contributed by atoms with Gasteiger partial charge in [-0.15, -0.1) is 0 Å². The van der Waals surface area contributed by atoms with E-state index in [4.69, 9.17) is 0 Å². The lowest BCUT2D eigenvalue weighted by Crippen LogP contribution is -2.54. The third kappa shape index (κ3) is 10.2. The van der Waals surface area contributed by atoms with Crippen LogP contribution in [0.3, 0.4) is 0 Å². The van der Waals surface area contributed by atoms with Crippen molar-refractivity contribution in [2.45, 2.75) is 112 Å². The van der Waals surface area contributed by atoms with Gasteiger partial charge in [-0.1, -0.05) is 19.8 Å². The number of unbranched alkanes of at least 4 members (excludes halogenated alkanes) is 1. The molecule has 2 aliphatic rings. The molecule has 2 saturated heterocycles. The Bertz CT molecular complexity index is 467. The van der Waals surface area contributed by atoms with Gasteiger partial charge in [-0.05, 0) is 61.8 Å². The maximum absolute atomic E-state index is 2.88. The zero-order valence-electron chi connectivity index (χ0n) is 25.2. The van der Waals surface area contributed by atoms with E-state index in [0.29, 0.717) is 30.3 Å². The van der Waals surface area contributed by atoms with Crippen molar-refractivity contribution in [3.63, 3.8) is 0 Å². The van der Waals surface area contributed by atoms with Crippen molar-refractivity contribution in [1.29, 1.82) is 0 Å². The molecule has 0 amide bonds. The quantitative estimate of drug-likeness (QED) is 0.480. The molecule has 6 heteroatoms. The van der Waals surface area contributed by atoms with Crippen LogP contribution in [-0.4, -0.2) is 138 Å². The molecule has 6 nitrogen and oxygen atoms in total. The van der Waals surface area contributed by atoms with E-state index in [9.17, 15) is 0 Å². The first-order valence-corrected chi connectivity index (χ1v) is 15.1. The summed E-state index contributed by atoms with van der Waals surface area (Å²) in [5, 5.41) is 0. The lowest BCUT2D eigenvalue weighted by atomic mass is 10.1. The first-order chi connectivity index (χ1) is 16.6. The van der Waals surface area contributed by atoms with E-state index in [2.05, 4.69) is 91.7 Å². The highest BCUT2D eigenvalue weighted by Crippen LogP contribution is 2.18. The average Bonchev–Trinajstić information content (AvgIpc) is 2.97. The number of hydrogen-bond acceptors (Lipinski definition) is 6. The van der Waals surface area contributed by atoms with Crippen LogP contribution >= 0.6 is 0 Å². The summed E-state index contributed by atoms with van der Waals surface area (Å²) < 4.78 is 0. The maximum atomic E-state index is 2.88. The molecule has 2 fully saturated rings. The Balaban J connectivity index is 2.28. The van der Waals surface area contributed by atoms with Gasteiger partial charge in [0.2, 0.25) is 0 Å². The van der Waals surface area contributed by atoms with Crippen LogP contribution in [0.15, 0.2) is 0 Å². The molecule has 0 bridgehead atoms. The van der Waals surface area contributed by atoms with Crippen LogP contribution < -0.4 is 0 Å². The fourth-order valence-electron chi connectivity index (χ4n) is 5.86.